The van der Waals surface area contributed by atoms with Gasteiger partial charge in [0.05, 0.1) is 17.8 Å². The first-order valence-electron chi connectivity index (χ1n) is 5.08. The molecule has 0 fully saturated rings. The summed E-state index contributed by atoms with van der Waals surface area (Å²) in [6.45, 7) is 2.54. The van der Waals surface area contributed by atoms with E-state index in [1.165, 1.54) is 12.4 Å². The first kappa shape index (κ1) is 13.4. The SMILES string of the molecule is CCCONC(N)=N/N=C/c1ccncc1Cl. The molecule has 3 N–H and O–H groups in total. The molecule has 1 aromatic heterocycles. The minimum atomic E-state index is 0.0832. The van der Waals surface area contributed by atoms with Crippen LogP contribution in [-0.2, 0) is 4.84 Å². The van der Waals surface area contributed by atoms with Crippen molar-refractivity contribution in [2.24, 2.45) is 15.9 Å². The van der Waals surface area contributed by atoms with Gasteiger partial charge >= 0.3 is 0 Å². The molecule has 1 rings (SSSR count). The molecule has 0 aromatic carbocycles. The molecule has 0 saturated carbocycles. The highest BCUT2D eigenvalue weighted by molar-refractivity contribution is 6.32. The summed E-state index contributed by atoms with van der Waals surface area (Å²) in [5, 5.41) is 7.95. The fourth-order valence-electron chi connectivity index (χ4n) is 0.891. The van der Waals surface area contributed by atoms with Gasteiger partial charge in [0.1, 0.15) is 0 Å². The molecule has 92 valence electrons. The predicted molar refractivity (Wildman–Crippen MR) is 67.8 cm³/mol. The van der Waals surface area contributed by atoms with E-state index in [0.29, 0.717) is 17.2 Å². The Balaban J connectivity index is 2.49. The van der Waals surface area contributed by atoms with Gasteiger partial charge in [-0.25, -0.2) is 5.48 Å². The van der Waals surface area contributed by atoms with Crippen molar-refractivity contribution in [2.45, 2.75) is 13.3 Å². The summed E-state index contributed by atoms with van der Waals surface area (Å²) >= 11 is 5.87. The van der Waals surface area contributed by atoms with Gasteiger partial charge in [0.25, 0.3) is 0 Å². The normalized spacial score (nSPS) is 12.0. The highest BCUT2D eigenvalue weighted by Crippen LogP contribution is 2.10. The zero-order valence-electron chi connectivity index (χ0n) is 9.43. The van der Waals surface area contributed by atoms with Crippen molar-refractivity contribution < 1.29 is 4.84 Å². The molecule has 0 spiro atoms. The lowest BCUT2D eigenvalue weighted by Crippen LogP contribution is -2.31. The van der Waals surface area contributed by atoms with Crippen molar-refractivity contribution in [3.63, 3.8) is 0 Å². The summed E-state index contributed by atoms with van der Waals surface area (Å²) in [4.78, 5) is 8.81. The molecule has 1 heterocycles. The molecule has 6 nitrogen and oxygen atoms in total. The highest BCUT2D eigenvalue weighted by Gasteiger charge is 1.94. The standard InChI is InChI=1S/C10H14ClN5O/c1-2-5-17-16-10(12)15-14-6-8-3-4-13-7-9(8)11/h3-4,6-7H,2,5H2,1H3,(H3,12,15,16)/b14-6+. The van der Waals surface area contributed by atoms with Gasteiger partial charge in [0, 0.05) is 18.0 Å². The van der Waals surface area contributed by atoms with Gasteiger partial charge < -0.3 is 5.73 Å². The van der Waals surface area contributed by atoms with Crippen LogP contribution in [0.4, 0.5) is 0 Å². The molecule has 0 amide bonds. The van der Waals surface area contributed by atoms with Gasteiger partial charge in [0.15, 0.2) is 0 Å². The van der Waals surface area contributed by atoms with Crippen LogP contribution >= 0.6 is 11.6 Å². The Morgan fingerprint density at radius 2 is 2.53 bits per heavy atom. The Bertz CT molecular complexity index is 407. The number of hydrogen-bond acceptors (Lipinski definition) is 4. The van der Waals surface area contributed by atoms with Crippen LogP contribution < -0.4 is 11.2 Å². The largest absolute Gasteiger partial charge is 0.367 e. The van der Waals surface area contributed by atoms with E-state index in [1.807, 2.05) is 6.92 Å². The van der Waals surface area contributed by atoms with Crippen molar-refractivity contribution in [1.29, 1.82) is 0 Å². The zero-order valence-corrected chi connectivity index (χ0v) is 10.2. The number of rotatable bonds is 5. The molecule has 0 atom stereocenters. The fourth-order valence-corrected chi connectivity index (χ4v) is 1.06. The number of hydroxylamine groups is 1. The van der Waals surface area contributed by atoms with Crippen LogP contribution in [-0.4, -0.2) is 23.8 Å². The molecule has 0 radical (unpaired) electrons. The van der Waals surface area contributed by atoms with E-state index in [1.54, 1.807) is 12.3 Å². The Labute approximate surface area is 104 Å². The number of hydrogen-bond donors (Lipinski definition) is 2. The summed E-state index contributed by atoms with van der Waals surface area (Å²) in [6, 6.07) is 1.72. The second kappa shape index (κ2) is 7.59. The molecule has 0 saturated heterocycles. The van der Waals surface area contributed by atoms with Crippen molar-refractivity contribution in [2.75, 3.05) is 6.61 Å². The number of guanidine groups is 1. The number of nitrogens with zero attached hydrogens (tertiary/aromatic N) is 3. The Hall–Kier alpha value is -1.66. The number of aromatic nitrogens is 1. The Morgan fingerprint density at radius 3 is 3.24 bits per heavy atom. The van der Waals surface area contributed by atoms with Crippen LogP contribution in [0.25, 0.3) is 0 Å². The maximum atomic E-state index is 5.87. The molecule has 0 bridgehead atoms. The van der Waals surface area contributed by atoms with E-state index >= 15 is 0 Å². The molecule has 1 aromatic rings. The Morgan fingerprint density at radius 1 is 1.71 bits per heavy atom. The number of nitrogens with one attached hydrogen (secondary N) is 1. The monoisotopic (exact) mass is 255 g/mol. The van der Waals surface area contributed by atoms with Gasteiger partial charge in [-0.15, -0.1) is 5.10 Å². The van der Waals surface area contributed by atoms with Crippen molar-refractivity contribution in [3.05, 3.63) is 29.0 Å². The first-order valence-corrected chi connectivity index (χ1v) is 5.45. The van der Waals surface area contributed by atoms with Crippen LogP contribution in [0.15, 0.2) is 28.7 Å². The number of halogens is 1. The van der Waals surface area contributed by atoms with Crippen molar-refractivity contribution >= 4 is 23.8 Å². The van der Waals surface area contributed by atoms with Gasteiger partial charge in [-0.3, -0.25) is 9.82 Å². The van der Waals surface area contributed by atoms with Crippen LogP contribution in [0, 0.1) is 0 Å². The lowest BCUT2D eigenvalue weighted by Gasteiger charge is -2.02. The number of pyridine rings is 1. The van der Waals surface area contributed by atoms with E-state index in [9.17, 15) is 0 Å². The quantitative estimate of drug-likeness (QED) is 0.360. The van der Waals surface area contributed by atoms with E-state index in [0.717, 1.165) is 6.42 Å². The average molecular weight is 256 g/mol. The van der Waals surface area contributed by atoms with Gasteiger partial charge in [-0.1, -0.05) is 18.5 Å². The summed E-state index contributed by atoms with van der Waals surface area (Å²) < 4.78 is 0. The minimum absolute atomic E-state index is 0.0832. The molecule has 0 aliphatic carbocycles. The predicted octanol–water partition coefficient (Wildman–Crippen LogP) is 1.31. The van der Waals surface area contributed by atoms with Crippen molar-refractivity contribution in [3.8, 4) is 0 Å². The van der Waals surface area contributed by atoms with E-state index < -0.39 is 0 Å². The first-order chi connectivity index (χ1) is 8.24. The summed E-state index contributed by atoms with van der Waals surface area (Å²) in [5.41, 5.74) is 8.64. The van der Waals surface area contributed by atoms with E-state index in [4.69, 9.17) is 22.2 Å². The van der Waals surface area contributed by atoms with Crippen LogP contribution in [0.1, 0.15) is 18.9 Å². The third kappa shape index (κ3) is 5.28. The smallest absolute Gasteiger partial charge is 0.237 e. The molecular formula is C10H14ClN5O. The zero-order chi connectivity index (χ0) is 12.5. The summed E-state index contributed by atoms with van der Waals surface area (Å²) in [6.07, 6.45) is 5.51. The van der Waals surface area contributed by atoms with Crippen LogP contribution in [0.5, 0.6) is 0 Å². The fraction of sp³-hybridized carbons (Fsp3) is 0.300. The topological polar surface area (TPSA) is 84.9 Å². The second-order valence-corrected chi connectivity index (χ2v) is 3.48. The molecule has 0 aliphatic heterocycles. The summed E-state index contributed by atoms with van der Waals surface area (Å²) in [5.74, 6) is 0.0832. The second-order valence-electron chi connectivity index (χ2n) is 3.08. The van der Waals surface area contributed by atoms with Crippen molar-refractivity contribution in [1.82, 2.24) is 10.5 Å². The van der Waals surface area contributed by atoms with Gasteiger partial charge in [-0.2, -0.15) is 5.10 Å². The van der Waals surface area contributed by atoms with Gasteiger partial charge in [0.2, 0.25) is 5.96 Å². The number of nitrogens with two attached hydrogens (primary N) is 1. The van der Waals surface area contributed by atoms with Gasteiger partial charge in [-0.05, 0) is 12.5 Å². The van der Waals surface area contributed by atoms with Crippen LogP contribution in [0.3, 0.4) is 0 Å². The average Bonchev–Trinajstić information content (AvgIpc) is 2.32. The lowest BCUT2D eigenvalue weighted by atomic mass is 10.3. The van der Waals surface area contributed by atoms with Crippen LogP contribution in [0.2, 0.25) is 5.02 Å². The lowest BCUT2D eigenvalue weighted by molar-refractivity contribution is 0.0845. The molecule has 0 unspecified atom stereocenters. The van der Waals surface area contributed by atoms with E-state index in [-0.39, 0.29) is 5.96 Å². The molecule has 7 heteroatoms. The summed E-state index contributed by atoms with van der Waals surface area (Å²) in [7, 11) is 0. The molecule has 0 aliphatic rings. The highest BCUT2D eigenvalue weighted by atomic mass is 35.5. The molecule has 17 heavy (non-hydrogen) atoms. The van der Waals surface area contributed by atoms with E-state index in [2.05, 4.69) is 20.7 Å². The third-order valence-electron chi connectivity index (χ3n) is 1.65. The third-order valence-corrected chi connectivity index (χ3v) is 1.96. The maximum Gasteiger partial charge on any atom is 0.237 e. The Kier molecular flexibility index (Phi) is 5.98. The maximum absolute atomic E-state index is 5.87. The molecular weight excluding hydrogens is 242 g/mol. The minimum Gasteiger partial charge on any atom is -0.367 e.